The summed E-state index contributed by atoms with van der Waals surface area (Å²) in [5, 5.41) is 6.86. The Bertz CT molecular complexity index is 2870. The molecule has 0 saturated carbocycles. The van der Waals surface area contributed by atoms with Crippen molar-refractivity contribution in [3.05, 3.63) is 193 Å². The highest BCUT2D eigenvalue weighted by molar-refractivity contribution is 6.24. The lowest BCUT2D eigenvalue weighted by Gasteiger charge is -2.33. The van der Waals surface area contributed by atoms with Crippen LogP contribution < -0.4 is 0 Å². The molecule has 4 heteroatoms. The topological polar surface area (TPSA) is 41.1 Å². The van der Waals surface area contributed by atoms with Gasteiger partial charge in [0.05, 0.1) is 0 Å². The lowest BCUT2D eigenvalue weighted by molar-refractivity contribution is 0.383. The maximum absolute atomic E-state index is 6.59. The molecule has 52 heavy (non-hydrogen) atoms. The molecule has 8 aromatic carbocycles. The minimum atomic E-state index is -0.294. The molecule has 1 atom stereocenters. The third kappa shape index (κ3) is 5.07. The Morgan fingerprint density at radius 1 is 0.462 bits per heavy atom. The van der Waals surface area contributed by atoms with E-state index in [0.29, 0.717) is 5.84 Å². The van der Waals surface area contributed by atoms with Crippen molar-refractivity contribution in [2.24, 2.45) is 9.98 Å². The van der Waals surface area contributed by atoms with Gasteiger partial charge in [-0.2, -0.15) is 0 Å². The maximum Gasteiger partial charge on any atom is 0.159 e. The number of hydrogen-bond acceptors (Lipinski definition) is 4. The Labute approximate surface area is 301 Å². The first kappa shape index (κ1) is 30.1. The summed E-state index contributed by atoms with van der Waals surface area (Å²) < 4.78 is 6.59. The van der Waals surface area contributed by atoms with E-state index in [9.17, 15) is 0 Å². The lowest BCUT2D eigenvalue weighted by atomic mass is 9.95. The molecule has 0 spiro atoms. The van der Waals surface area contributed by atoms with E-state index in [4.69, 9.17) is 14.4 Å². The van der Waals surface area contributed by atoms with E-state index in [2.05, 4.69) is 188 Å². The summed E-state index contributed by atoms with van der Waals surface area (Å²) in [6, 6.07) is 62.0. The molecule has 0 N–H and O–H groups in total. The van der Waals surface area contributed by atoms with Gasteiger partial charge in [0.15, 0.2) is 12.0 Å². The summed E-state index contributed by atoms with van der Waals surface area (Å²) >= 11 is 0. The van der Waals surface area contributed by atoms with Gasteiger partial charge in [-0.15, -0.1) is 0 Å². The molecule has 1 unspecified atom stereocenters. The normalized spacial score (nSPS) is 14.6. The van der Waals surface area contributed by atoms with Crippen LogP contribution in [0.15, 0.2) is 190 Å². The molecular formula is C48H33N3O. The second kappa shape index (κ2) is 12.2. The number of hydrogen-bond donors (Lipinski definition) is 0. The van der Waals surface area contributed by atoms with Gasteiger partial charge in [0.2, 0.25) is 0 Å². The predicted molar refractivity (Wildman–Crippen MR) is 216 cm³/mol. The number of fused-ring (bicyclic) bond motifs is 5. The zero-order valence-corrected chi connectivity index (χ0v) is 28.6. The zero-order chi connectivity index (χ0) is 34.6. The Morgan fingerprint density at radius 3 is 1.75 bits per heavy atom. The first-order valence-corrected chi connectivity index (χ1v) is 17.7. The van der Waals surface area contributed by atoms with Crippen molar-refractivity contribution < 1.29 is 4.42 Å². The molecule has 0 aliphatic carbocycles. The Hall–Kier alpha value is -6.78. The third-order valence-electron chi connectivity index (χ3n) is 10.3. The van der Waals surface area contributed by atoms with Gasteiger partial charge in [-0.25, -0.2) is 9.98 Å². The quantitative estimate of drug-likeness (QED) is 0.183. The van der Waals surface area contributed by atoms with E-state index in [1.807, 2.05) is 0 Å². The van der Waals surface area contributed by atoms with Crippen LogP contribution in [0.2, 0.25) is 0 Å². The average molecular weight is 668 g/mol. The molecule has 9 aromatic rings. The molecule has 10 rings (SSSR count). The van der Waals surface area contributed by atoms with Gasteiger partial charge in [-0.3, -0.25) is 0 Å². The van der Waals surface area contributed by atoms with Gasteiger partial charge in [-0.1, -0.05) is 152 Å². The highest BCUT2D eigenvalue weighted by Gasteiger charge is 2.29. The molecule has 1 aliphatic rings. The van der Waals surface area contributed by atoms with E-state index in [-0.39, 0.29) is 6.17 Å². The predicted octanol–water partition coefficient (Wildman–Crippen LogP) is 12.1. The molecule has 0 fully saturated rings. The molecule has 1 aliphatic heterocycles. The second-order valence-corrected chi connectivity index (χ2v) is 13.4. The summed E-state index contributed by atoms with van der Waals surface area (Å²) in [6.45, 7) is 0. The van der Waals surface area contributed by atoms with Gasteiger partial charge in [0.1, 0.15) is 17.0 Å². The van der Waals surface area contributed by atoms with E-state index in [1.165, 1.54) is 27.3 Å². The molecule has 0 bridgehead atoms. The summed E-state index contributed by atoms with van der Waals surface area (Å²) in [7, 11) is 2.10. The highest BCUT2D eigenvalue weighted by atomic mass is 16.3. The fourth-order valence-electron chi connectivity index (χ4n) is 7.68. The number of nitrogens with zero attached hydrogens (tertiary/aromatic N) is 3. The molecule has 0 saturated heterocycles. The van der Waals surface area contributed by atoms with Crippen molar-refractivity contribution in [2.75, 3.05) is 7.05 Å². The van der Waals surface area contributed by atoms with Crippen LogP contribution in [0.4, 0.5) is 0 Å². The van der Waals surface area contributed by atoms with Gasteiger partial charge < -0.3 is 9.32 Å². The fourth-order valence-corrected chi connectivity index (χ4v) is 7.68. The van der Waals surface area contributed by atoms with Crippen LogP contribution in [0.3, 0.4) is 0 Å². The van der Waals surface area contributed by atoms with E-state index >= 15 is 0 Å². The molecular weight excluding hydrogens is 635 g/mol. The molecule has 2 heterocycles. The van der Waals surface area contributed by atoms with Crippen molar-refractivity contribution in [1.29, 1.82) is 0 Å². The number of aliphatic imine (C=N–C) groups is 2. The van der Waals surface area contributed by atoms with Crippen LogP contribution in [-0.4, -0.2) is 23.6 Å². The van der Waals surface area contributed by atoms with Crippen LogP contribution in [0.1, 0.15) is 22.9 Å². The van der Waals surface area contributed by atoms with Crippen molar-refractivity contribution in [3.63, 3.8) is 0 Å². The van der Waals surface area contributed by atoms with Crippen molar-refractivity contribution in [1.82, 2.24) is 4.90 Å². The summed E-state index contributed by atoms with van der Waals surface area (Å²) in [5.74, 6) is 1.55. The summed E-state index contributed by atoms with van der Waals surface area (Å²) in [6.07, 6.45) is -0.294. The van der Waals surface area contributed by atoms with E-state index < -0.39 is 0 Å². The smallest absolute Gasteiger partial charge is 0.159 e. The zero-order valence-electron chi connectivity index (χ0n) is 28.6. The number of amidine groups is 2. The average Bonchev–Trinajstić information content (AvgIpc) is 3.60. The van der Waals surface area contributed by atoms with Gasteiger partial charge >= 0.3 is 0 Å². The highest BCUT2D eigenvalue weighted by Crippen LogP contribution is 2.41. The van der Waals surface area contributed by atoms with Crippen LogP contribution in [0.25, 0.3) is 65.7 Å². The van der Waals surface area contributed by atoms with Gasteiger partial charge in [0.25, 0.3) is 0 Å². The summed E-state index contributed by atoms with van der Waals surface area (Å²) in [4.78, 5) is 12.9. The Morgan fingerprint density at radius 2 is 1.02 bits per heavy atom. The standard InChI is InChI=1S/C48H33N3O/c1-51-47(39-28-24-33-14-6-8-16-37(33)30-39)49-46(38-27-23-32-13-5-7-15-36(32)29-38)50-48(51)41-18-10-20-43-45(41)44-40(17-9-19-42(44)52-43)35-25-21-34(22-26-35)31-11-3-2-4-12-31/h2-30,47H,1H3. The Kier molecular flexibility index (Phi) is 7.07. The number of furan rings is 1. The minimum Gasteiger partial charge on any atom is -0.456 e. The van der Waals surface area contributed by atoms with E-state index in [1.54, 1.807) is 0 Å². The first-order valence-electron chi connectivity index (χ1n) is 17.7. The van der Waals surface area contributed by atoms with Crippen LogP contribution in [0, 0.1) is 0 Å². The largest absolute Gasteiger partial charge is 0.456 e. The molecule has 0 radical (unpaired) electrons. The molecule has 1 aromatic heterocycles. The van der Waals surface area contributed by atoms with Crippen molar-refractivity contribution >= 4 is 55.2 Å². The van der Waals surface area contributed by atoms with Gasteiger partial charge in [0, 0.05) is 28.9 Å². The summed E-state index contributed by atoms with van der Waals surface area (Å²) in [5.41, 5.74) is 9.42. The third-order valence-corrected chi connectivity index (χ3v) is 10.3. The van der Waals surface area contributed by atoms with E-state index in [0.717, 1.165) is 61.0 Å². The van der Waals surface area contributed by atoms with Gasteiger partial charge in [-0.05, 0) is 73.6 Å². The van der Waals surface area contributed by atoms with Crippen molar-refractivity contribution in [2.45, 2.75) is 6.17 Å². The molecule has 4 nitrogen and oxygen atoms in total. The minimum absolute atomic E-state index is 0.294. The SMILES string of the molecule is CN1C(c2cccc3oc4cccc(-c5ccc(-c6ccccc6)cc5)c4c23)=NC(c2ccc3ccccc3c2)=NC1c1ccc2ccccc2c1. The van der Waals surface area contributed by atoms with Crippen LogP contribution >= 0.6 is 0 Å². The molecule has 246 valence electrons. The number of benzene rings is 8. The maximum atomic E-state index is 6.59. The molecule has 0 amide bonds. The Balaban J connectivity index is 1.16. The van der Waals surface area contributed by atoms with Crippen molar-refractivity contribution in [3.8, 4) is 22.3 Å². The monoisotopic (exact) mass is 667 g/mol. The first-order chi connectivity index (χ1) is 25.7. The van der Waals surface area contributed by atoms with Crippen LogP contribution in [-0.2, 0) is 0 Å². The van der Waals surface area contributed by atoms with Crippen LogP contribution in [0.5, 0.6) is 0 Å². The second-order valence-electron chi connectivity index (χ2n) is 13.4. The lowest BCUT2D eigenvalue weighted by Crippen LogP contribution is -2.35. The fraction of sp³-hybridized carbons (Fsp3) is 0.0417. The number of rotatable bonds is 5.